The van der Waals surface area contributed by atoms with E-state index in [-0.39, 0.29) is 5.56 Å². The molecule has 0 saturated heterocycles. The molecule has 0 spiro atoms. The van der Waals surface area contributed by atoms with Crippen LogP contribution in [0.15, 0.2) is 23.6 Å². The minimum atomic E-state index is -1.06. The minimum absolute atomic E-state index is 0.0903. The van der Waals surface area contributed by atoms with Crippen LogP contribution in [0.1, 0.15) is 27.0 Å². The van der Waals surface area contributed by atoms with E-state index in [4.69, 9.17) is 5.11 Å². The molecule has 110 valence electrons. The van der Waals surface area contributed by atoms with Crippen molar-refractivity contribution in [2.24, 2.45) is 0 Å². The summed E-state index contributed by atoms with van der Waals surface area (Å²) in [6.45, 7) is 5.83. The van der Waals surface area contributed by atoms with Crippen molar-refractivity contribution in [1.29, 1.82) is 0 Å². The fraction of sp³-hybridized carbons (Fsp3) is 0.200. The van der Waals surface area contributed by atoms with Crippen molar-refractivity contribution in [2.75, 3.05) is 10.6 Å². The third kappa shape index (κ3) is 3.41. The number of rotatable bonds is 3. The normalized spacial score (nSPS) is 10.2. The number of benzene rings is 1. The molecular formula is C15H16N2O3S. The monoisotopic (exact) mass is 304 g/mol. The van der Waals surface area contributed by atoms with Crippen LogP contribution in [0, 0.1) is 20.8 Å². The minimum Gasteiger partial charge on any atom is -0.478 e. The molecule has 0 aliphatic heterocycles. The summed E-state index contributed by atoms with van der Waals surface area (Å²) in [7, 11) is 0. The number of thiophene rings is 1. The summed E-state index contributed by atoms with van der Waals surface area (Å²) in [6, 6.07) is 4.98. The maximum atomic E-state index is 12.0. The van der Waals surface area contributed by atoms with Crippen LogP contribution in [-0.4, -0.2) is 17.1 Å². The van der Waals surface area contributed by atoms with Gasteiger partial charge in [-0.25, -0.2) is 9.59 Å². The second kappa shape index (κ2) is 5.97. The number of carboxylic acid groups (broad SMARTS) is 1. The summed E-state index contributed by atoms with van der Waals surface area (Å²) >= 11 is 1.17. The summed E-state index contributed by atoms with van der Waals surface area (Å²) in [5.74, 6) is -1.06. The quantitative estimate of drug-likeness (QED) is 0.801. The number of hydrogen-bond donors (Lipinski definition) is 3. The number of anilines is 2. The van der Waals surface area contributed by atoms with Gasteiger partial charge in [-0.2, -0.15) is 0 Å². The molecular weight excluding hydrogens is 288 g/mol. The van der Waals surface area contributed by atoms with Gasteiger partial charge in [0, 0.05) is 5.69 Å². The number of aromatic carboxylic acids is 1. The zero-order chi connectivity index (χ0) is 15.6. The molecule has 0 radical (unpaired) electrons. The maximum Gasteiger partial charge on any atom is 0.338 e. The number of carboxylic acids is 1. The first kappa shape index (κ1) is 15.1. The van der Waals surface area contributed by atoms with Gasteiger partial charge in [0.05, 0.1) is 5.56 Å². The molecule has 2 rings (SSSR count). The summed E-state index contributed by atoms with van der Waals surface area (Å²) in [4.78, 5) is 23.0. The van der Waals surface area contributed by atoms with Gasteiger partial charge in [0.25, 0.3) is 0 Å². The van der Waals surface area contributed by atoms with Gasteiger partial charge in [0.2, 0.25) is 0 Å². The van der Waals surface area contributed by atoms with Gasteiger partial charge < -0.3 is 10.4 Å². The average Bonchev–Trinajstić information content (AvgIpc) is 2.82. The summed E-state index contributed by atoms with van der Waals surface area (Å²) in [5, 5.41) is 16.3. The van der Waals surface area contributed by atoms with Crippen LogP contribution in [0.25, 0.3) is 0 Å². The Bertz CT molecular complexity index is 684. The molecule has 1 aromatic heterocycles. The van der Waals surface area contributed by atoms with Crippen LogP contribution in [0.5, 0.6) is 0 Å². The topological polar surface area (TPSA) is 78.4 Å². The number of carbonyl (C=O) groups excluding carboxylic acids is 1. The first-order valence-corrected chi connectivity index (χ1v) is 7.23. The fourth-order valence-corrected chi connectivity index (χ4v) is 2.97. The number of nitrogens with one attached hydrogen (secondary N) is 2. The molecule has 6 heteroatoms. The highest BCUT2D eigenvalue weighted by Gasteiger charge is 2.15. The molecule has 0 atom stereocenters. The number of urea groups is 1. The van der Waals surface area contributed by atoms with Crippen LogP contribution in [0.2, 0.25) is 0 Å². The standard InChI is InChI=1S/C15H16N2O3S/c1-8-6-9(2)12(10(3)7-8)16-15(20)17-13-11(14(18)19)4-5-21-13/h4-7H,1-3H3,(H,18,19)(H2,16,17,20). The van der Waals surface area contributed by atoms with Crippen molar-refractivity contribution < 1.29 is 14.7 Å². The predicted molar refractivity (Wildman–Crippen MR) is 84.6 cm³/mol. The molecule has 0 aliphatic rings. The highest BCUT2D eigenvalue weighted by Crippen LogP contribution is 2.25. The van der Waals surface area contributed by atoms with Crippen LogP contribution >= 0.6 is 11.3 Å². The Labute approximate surface area is 126 Å². The van der Waals surface area contributed by atoms with E-state index in [2.05, 4.69) is 10.6 Å². The van der Waals surface area contributed by atoms with Gasteiger partial charge in [0.1, 0.15) is 5.00 Å². The second-order valence-electron chi connectivity index (χ2n) is 4.82. The van der Waals surface area contributed by atoms with Crippen LogP contribution in [0.4, 0.5) is 15.5 Å². The van der Waals surface area contributed by atoms with Gasteiger partial charge in [-0.1, -0.05) is 17.7 Å². The van der Waals surface area contributed by atoms with E-state index in [1.54, 1.807) is 5.38 Å². The number of aryl methyl sites for hydroxylation is 3. The lowest BCUT2D eigenvalue weighted by atomic mass is 10.1. The smallest absolute Gasteiger partial charge is 0.338 e. The van der Waals surface area contributed by atoms with Gasteiger partial charge in [-0.15, -0.1) is 11.3 Å². The van der Waals surface area contributed by atoms with Crippen molar-refractivity contribution in [3.63, 3.8) is 0 Å². The molecule has 0 unspecified atom stereocenters. The molecule has 5 nitrogen and oxygen atoms in total. The Hall–Kier alpha value is -2.34. The lowest BCUT2D eigenvalue weighted by Gasteiger charge is -2.13. The predicted octanol–water partition coefficient (Wildman–Crippen LogP) is 4.02. The van der Waals surface area contributed by atoms with E-state index in [1.165, 1.54) is 17.4 Å². The summed E-state index contributed by atoms with van der Waals surface area (Å²) in [6.07, 6.45) is 0. The molecule has 2 amide bonds. The Morgan fingerprint density at radius 1 is 1.10 bits per heavy atom. The number of hydrogen-bond acceptors (Lipinski definition) is 3. The van der Waals surface area contributed by atoms with Crippen LogP contribution in [-0.2, 0) is 0 Å². The van der Waals surface area contributed by atoms with Crippen molar-refractivity contribution in [3.8, 4) is 0 Å². The molecule has 21 heavy (non-hydrogen) atoms. The molecule has 3 N–H and O–H groups in total. The Balaban J connectivity index is 2.16. The molecule has 0 saturated carbocycles. The molecule has 2 aromatic rings. The first-order chi connectivity index (χ1) is 9.88. The second-order valence-corrected chi connectivity index (χ2v) is 5.74. The van der Waals surface area contributed by atoms with E-state index in [9.17, 15) is 9.59 Å². The SMILES string of the molecule is Cc1cc(C)c(NC(=O)Nc2sccc2C(=O)O)c(C)c1. The average molecular weight is 304 g/mol. The molecule has 1 aromatic carbocycles. The van der Waals surface area contributed by atoms with E-state index >= 15 is 0 Å². The Morgan fingerprint density at radius 2 is 1.71 bits per heavy atom. The van der Waals surface area contributed by atoms with E-state index in [0.717, 1.165) is 22.4 Å². The number of carbonyl (C=O) groups is 2. The van der Waals surface area contributed by atoms with Crippen LogP contribution in [0.3, 0.4) is 0 Å². The lowest BCUT2D eigenvalue weighted by Crippen LogP contribution is -2.21. The van der Waals surface area contributed by atoms with E-state index in [0.29, 0.717) is 5.00 Å². The maximum absolute atomic E-state index is 12.0. The highest BCUT2D eigenvalue weighted by molar-refractivity contribution is 7.14. The highest BCUT2D eigenvalue weighted by atomic mass is 32.1. The first-order valence-electron chi connectivity index (χ1n) is 6.35. The van der Waals surface area contributed by atoms with Crippen molar-refractivity contribution in [2.45, 2.75) is 20.8 Å². The Morgan fingerprint density at radius 3 is 2.29 bits per heavy atom. The molecule has 1 heterocycles. The third-order valence-electron chi connectivity index (χ3n) is 3.04. The van der Waals surface area contributed by atoms with Gasteiger partial charge >= 0.3 is 12.0 Å². The largest absolute Gasteiger partial charge is 0.478 e. The van der Waals surface area contributed by atoms with Crippen molar-refractivity contribution in [3.05, 3.63) is 45.8 Å². The van der Waals surface area contributed by atoms with E-state index in [1.807, 2.05) is 32.9 Å². The van der Waals surface area contributed by atoms with Crippen LogP contribution < -0.4 is 10.6 Å². The Kier molecular flexibility index (Phi) is 4.28. The summed E-state index contributed by atoms with van der Waals surface area (Å²) in [5.41, 5.74) is 3.89. The lowest BCUT2D eigenvalue weighted by molar-refractivity contribution is 0.0698. The third-order valence-corrected chi connectivity index (χ3v) is 3.87. The van der Waals surface area contributed by atoms with Gasteiger partial charge in [-0.05, 0) is 43.3 Å². The van der Waals surface area contributed by atoms with Crippen molar-refractivity contribution >= 4 is 34.0 Å². The zero-order valence-electron chi connectivity index (χ0n) is 12.0. The van der Waals surface area contributed by atoms with E-state index < -0.39 is 12.0 Å². The number of amides is 2. The fourth-order valence-electron chi connectivity index (χ4n) is 2.20. The molecule has 0 fully saturated rings. The van der Waals surface area contributed by atoms with Gasteiger partial charge in [0.15, 0.2) is 0 Å². The molecule has 0 bridgehead atoms. The zero-order valence-corrected chi connectivity index (χ0v) is 12.8. The summed E-state index contributed by atoms with van der Waals surface area (Å²) < 4.78 is 0. The molecule has 0 aliphatic carbocycles. The van der Waals surface area contributed by atoms with Crippen molar-refractivity contribution in [1.82, 2.24) is 0 Å². The van der Waals surface area contributed by atoms with Gasteiger partial charge in [-0.3, -0.25) is 5.32 Å².